The molecule has 122 valence electrons. The smallest absolute Gasteiger partial charge is 0.240 e. The highest BCUT2D eigenvalue weighted by atomic mass is 16.2. The average Bonchev–Trinajstić information content (AvgIpc) is 3.39. The maximum Gasteiger partial charge on any atom is 0.240 e. The predicted molar refractivity (Wildman–Crippen MR) is 84.0 cm³/mol. The Labute approximate surface area is 135 Å². The third-order valence-electron chi connectivity index (χ3n) is 5.07. The molecule has 2 amide bonds. The number of hydrogen-bond donors (Lipinski definition) is 3. The summed E-state index contributed by atoms with van der Waals surface area (Å²) >= 11 is 0. The minimum absolute atomic E-state index is 0.0655. The van der Waals surface area contributed by atoms with Gasteiger partial charge in [0.25, 0.3) is 0 Å². The lowest BCUT2D eigenvalue weighted by atomic mass is 10.1. The van der Waals surface area contributed by atoms with Crippen molar-refractivity contribution in [2.75, 3.05) is 0 Å². The molecule has 0 unspecified atom stereocenters. The van der Waals surface area contributed by atoms with Crippen molar-refractivity contribution < 1.29 is 9.59 Å². The molecule has 0 spiro atoms. The van der Waals surface area contributed by atoms with Gasteiger partial charge in [0.1, 0.15) is 0 Å². The van der Waals surface area contributed by atoms with Crippen molar-refractivity contribution in [1.29, 1.82) is 0 Å². The summed E-state index contributed by atoms with van der Waals surface area (Å²) in [5.41, 5.74) is 6.83. The molecule has 23 heavy (non-hydrogen) atoms. The summed E-state index contributed by atoms with van der Waals surface area (Å²) in [5.74, 6) is 0.283. The molecule has 0 aliphatic heterocycles. The number of rotatable bonds is 6. The standard InChI is InChI=1S/C17H22N4O2/c18-16(4-5-16)15(23)21-17(6-7-17)13-9-11(3-8-19-13)10-20-14(22)12-1-2-12/h3,8-9,12H,1-2,4-7,10,18H2,(H,20,22)(H,21,23). The summed E-state index contributed by atoms with van der Waals surface area (Å²) in [4.78, 5) is 28.4. The van der Waals surface area contributed by atoms with Crippen LogP contribution in [0.2, 0.25) is 0 Å². The lowest BCUT2D eigenvalue weighted by Crippen LogP contribution is -2.47. The zero-order valence-corrected chi connectivity index (χ0v) is 13.1. The predicted octanol–water partition coefficient (Wildman–Crippen LogP) is 0.704. The van der Waals surface area contributed by atoms with Gasteiger partial charge in [-0.3, -0.25) is 14.6 Å². The van der Waals surface area contributed by atoms with Gasteiger partial charge in [-0.25, -0.2) is 0 Å². The first kappa shape index (κ1) is 14.6. The molecular formula is C17H22N4O2. The SMILES string of the molecule is NC1(C(=O)NC2(c3cc(CNC(=O)C4CC4)ccn3)CC2)CC1. The zero-order chi connectivity index (χ0) is 16.1. The van der Waals surface area contributed by atoms with Gasteiger partial charge in [-0.1, -0.05) is 0 Å². The molecule has 1 aromatic rings. The van der Waals surface area contributed by atoms with Gasteiger partial charge in [0.05, 0.1) is 16.8 Å². The first-order chi connectivity index (χ1) is 11.0. The van der Waals surface area contributed by atoms with Crippen LogP contribution in [0.25, 0.3) is 0 Å². The van der Waals surface area contributed by atoms with Crippen LogP contribution in [0.4, 0.5) is 0 Å². The summed E-state index contributed by atoms with van der Waals surface area (Å²) in [5, 5.41) is 6.05. The second-order valence-electron chi connectivity index (χ2n) is 7.23. The molecule has 4 rings (SSSR count). The minimum atomic E-state index is -0.661. The fourth-order valence-electron chi connectivity index (χ4n) is 2.80. The van der Waals surface area contributed by atoms with Gasteiger partial charge < -0.3 is 16.4 Å². The Balaban J connectivity index is 1.42. The van der Waals surface area contributed by atoms with Crippen LogP contribution in [-0.2, 0) is 21.7 Å². The van der Waals surface area contributed by atoms with Gasteiger partial charge in [0.15, 0.2) is 0 Å². The highest BCUT2D eigenvalue weighted by Crippen LogP contribution is 2.46. The van der Waals surface area contributed by atoms with Crippen LogP contribution in [0.3, 0.4) is 0 Å². The topological polar surface area (TPSA) is 97.1 Å². The number of nitrogens with zero attached hydrogens (tertiary/aromatic N) is 1. The van der Waals surface area contributed by atoms with Crippen LogP contribution in [-0.4, -0.2) is 22.3 Å². The van der Waals surface area contributed by atoms with Crippen LogP contribution in [0.15, 0.2) is 18.3 Å². The maximum absolute atomic E-state index is 12.2. The number of nitrogens with two attached hydrogens (primary N) is 1. The number of aromatic nitrogens is 1. The largest absolute Gasteiger partial charge is 0.352 e. The van der Waals surface area contributed by atoms with E-state index >= 15 is 0 Å². The molecule has 6 heteroatoms. The first-order valence-corrected chi connectivity index (χ1v) is 8.35. The zero-order valence-electron chi connectivity index (χ0n) is 13.1. The van der Waals surface area contributed by atoms with Crippen molar-refractivity contribution >= 4 is 11.8 Å². The van der Waals surface area contributed by atoms with E-state index in [-0.39, 0.29) is 23.3 Å². The van der Waals surface area contributed by atoms with Gasteiger partial charge in [-0.15, -0.1) is 0 Å². The molecule has 3 aliphatic rings. The number of nitrogens with one attached hydrogen (secondary N) is 2. The monoisotopic (exact) mass is 314 g/mol. The van der Waals surface area contributed by atoms with E-state index in [4.69, 9.17) is 5.73 Å². The molecular weight excluding hydrogens is 292 g/mol. The lowest BCUT2D eigenvalue weighted by molar-refractivity contribution is -0.124. The Morgan fingerprint density at radius 2 is 2.00 bits per heavy atom. The molecule has 0 saturated heterocycles. The van der Waals surface area contributed by atoms with E-state index in [1.54, 1.807) is 6.20 Å². The number of hydrogen-bond acceptors (Lipinski definition) is 4. The number of amides is 2. The summed E-state index contributed by atoms with van der Waals surface area (Å²) in [6, 6.07) is 3.89. The highest BCUT2D eigenvalue weighted by molar-refractivity contribution is 5.90. The minimum Gasteiger partial charge on any atom is -0.352 e. The Morgan fingerprint density at radius 1 is 1.26 bits per heavy atom. The van der Waals surface area contributed by atoms with E-state index in [2.05, 4.69) is 15.6 Å². The fourth-order valence-corrected chi connectivity index (χ4v) is 2.80. The number of pyridine rings is 1. The molecule has 6 nitrogen and oxygen atoms in total. The van der Waals surface area contributed by atoms with E-state index in [1.807, 2.05) is 12.1 Å². The molecule has 3 fully saturated rings. The summed E-state index contributed by atoms with van der Waals surface area (Å²) in [6.07, 6.45) is 7.05. The Bertz CT molecular complexity index is 660. The van der Waals surface area contributed by atoms with E-state index in [9.17, 15) is 9.59 Å². The molecule has 1 aromatic heterocycles. The van der Waals surface area contributed by atoms with Crippen molar-refractivity contribution in [2.45, 2.75) is 56.1 Å². The van der Waals surface area contributed by atoms with Crippen molar-refractivity contribution in [3.8, 4) is 0 Å². The molecule has 3 saturated carbocycles. The van der Waals surface area contributed by atoms with Crippen molar-refractivity contribution in [3.05, 3.63) is 29.6 Å². The van der Waals surface area contributed by atoms with Gasteiger partial charge in [0, 0.05) is 18.7 Å². The van der Waals surface area contributed by atoms with E-state index in [0.717, 1.165) is 49.8 Å². The molecule has 0 atom stereocenters. The average molecular weight is 314 g/mol. The van der Waals surface area contributed by atoms with Gasteiger partial charge >= 0.3 is 0 Å². The van der Waals surface area contributed by atoms with Gasteiger partial charge in [-0.2, -0.15) is 0 Å². The molecule has 3 aliphatic carbocycles. The highest BCUT2D eigenvalue weighted by Gasteiger charge is 2.53. The third kappa shape index (κ3) is 2.95. The quantitative estimate of drug-likeness (QED) is 0.720. The maximum atomic E-state index is 12.2. The molecule has 0 radical (unpaired) electrons. The van der Waals surface area contributed by atoms with Crippen molar-refractivity contribution in [2.24, 2.45) is 11.7 Å². The summed E-state index contributed by atoms with van der Waals surface area (Å²) < 4.78 is 0. The van der Waals surface area contributed by atoms with Gasteiger partial charge in [0.2, 0.25) is 11.8 Å². The Morgan fingerprint density at radius 3 is 2.61 bits per heavy atom. The second kappa shape index (κ2) is 5.03. The lowest BCUT2D eigenvalue weighted by Gasteiger charge is -2.20. The third-order valence-corrected chi connectivity index (χ3v) is 5.07. The van der Waals surface area contributed by atoms with Gasteiger partial charge in [-0.05, 0) is 56.2 Å². The normalized spacial score (nSPS) is 23.0. The van der Waals surface area contributed by atoms with E-state index in [0.29, 0.717) is 6.54 Å². The second-order valence-corrected chi connectivity index (χ2v) is 7.23. The fraction of sp³-hybridized carbons (Fsp3) is 0.588. The number of carbonyl (C=O) groups is 2. The van der Waals surface area contributed by atoms with Crippen LogP contribution >= 0.6 is 0 Å². The molecule has 0 bridgehead atoms. The first-order valence-electron chi connectivity index (χ1n) is 8.35. The van der Waals surface area contributed by atoms with Crippen LogP contribution in [0, 0.1) is 5.92 Å². The summed E-state index contributed by atoms with van der Waals surface area (Å²) in [6.45, 7) is 0.510. The van der Waals surface area contributed by atoms with E-state index in [1.165, 1.54) is 0 Å². The van der Waals surface area contributed by atoms with Crippen LogP contribution < -0.4 is 16.4 Å². The Kier molecular flexibility index (Phi) is 3.20. The Hall–Kier alpha value is -1.95. The van der Waals surface area contributed by atoms with E-state index < -0.39 is 5.54 Å². The van der Waals surface area contributed by atoms with Crippen molar-refractivity contribution in [3.63, 3.8) is 0 Å². The molecule has 4 N–H and O–H groups in total. The van der Waals surface area contributed by atoms with Crippen LogP contribution in [0.1, 0.15) is 49.8 Å². The molecule has 1 heterocycles. The van der Waals surface area contributed by atoms with Crippen molar-refractivity contribution in [1.82, 2.24) is 15.6 Å². The van der Waals surface area contributed by atoms with Crippen LogP contribution in [0.5, 0.6) is 0 Å². The number of carbonyl (C=O) groups excluding carboxylic acids is 2. The summed E-state index contributed by atoms with van der Waals surface area (Å²) in [7, 11) is 0. The molecule has 0 aromatic carbocycles.